The molecule has 3 rings (SSSR count). The van der Waals surface area contributed by atoms with Crippen LogP contribution >= 0.6 is 22.9 Å². The molecule has 134 valence electrons. The number of ether oxygens (including phenoxy) is 2. The Labute approximate surface area is 158 Å². The minimum absolute atomic E-state index is 0.0594. The number of carbonyl (C=O) groups is 2. The SMILES string of the molecule is COCc1c(C(=O)OCC(=O)c2ccccc2Cl)sc2cccc(F)c12. The maximum atomic E-state index is 14.2. The summed E-state index contributed by atoms with van der Waals surface area (Å²) in [7, 11) is 1.46. The van der Waals surface area contributed by atoms with Crippen molar-refractivity contribution in [2.45, 2.75) is 6.61 Å². The van der Waals surface area contributed by atoms with Crippen molar-refractivity contribution in [2.75, 3.05) is 13.7 Å². The summed E-state index contributed by atoms with van der Waals surface area (Å²) in [5.74, 6) is -1.54. The van der Waals surface area contributed by atoms with Crippen LogP contribution in [0.1, 0.15) is 25.6 Å². The van der Waals surface area contributed by atoms with E-state index in [0.717, 1.165) is 11.3 Å². The quantitative estimate of drug-likeness (QED) is 0.443. The average molecular weight is 393 g/mol. The normalized spacial score (nSPS) is 10.9. The fourth-order valence-electron chi connectivity index (χ4n) is 2.58. The lowest BCUT2D eigenvalue weighted by atomic mass is 10.1. The topological polar surface area (TPSA) is 52.6 Å². The van der Waals surface area contributed by atoms with Gasteiger partial charge in [0.25, 0.3) is 0 Å². The first-order chi connectivity index (χ1) is 12.5. The van der Waals surface area contributed by atoms with Gasteiger partial charge in [0.05, 0.1) is 11.6 Å². The highest BCUT2D eigenvalue weighted by Gasteiger charge is 2.23. The van der Waals surface area contributed by atoms with Gasteiger partial charge in [-0.15, -0.1) is 11.3 Å². The van der Waals surface area contributed by atoms with E-state index in [9.17, 15) is 14.0 Å². The van der Waals surface area contributed by atoms with Gasteiger partial charge in [0, 0.05) is 28.3 Å². The van der Waals surface area contributed by atoms with Gasteiger partial charge >= 0.3 is 5.97 Å². The summed E-state index contributed by atoms with van der Waals surface area (Å²) in [6.45, 7) is -0.393. The Bertz CT molecular complexity index is 983. The molecule has 0 bridgehead atoms. The number of methoxy groups -OCH3 is 1. The van der Waals surface area contributed by atoms with Gasteiger partial charge in [0.2, 0.25) is 5.78 Å². The van der Waals surface area contributed by atoms with E-state index >= 15 is 0 Å². The molecule has 0 aliphatic rings. The van der Waals surface area contributed by atoms with Crippen molar-refractivity contribution in [3.63, 3.8) is 0 Å². The maximum absolute atomic E-state index is 14.2. The molecule has 0 saturated heterocycles. The number of carbonyl (C=O) groups excluding carboxylic acids is 2. The Balaban J connectivity index is 1.84. The van der Waals surface area contributed by atoms with E-state index in [0.29, 0.717) is 15.6 Å². The molecule has 0 saturated carbocycles. The molecule has 26 heavy (non-hydrogen) atoms. The number of halogens is 2. The first-order valence-electron chi connectivity index (χ1n) is 7.66. The molecule has 2 aromatic carbocycles. The van der Waals surface area contributed by atoms with Crippen LogP contribution in [0.4, 0.5) is 4.39 Å². The molecule has 0 spiro atoms. The van der Waals surface area contributed by atoms with Crippen molar-refractivity contribution in [3.8, 4) is 0 Å². The molecular weight excluding hydrogens is 379 g/mol. The average Bonchev–Trinajstić information content (AvgIpc) is 3.00. The Morgan fingerprint density at radius 3 is 2.65 bits per heavy atom. The van der Waals surface area contributed by atoms with Gasteiger partial charge in [-0.05, 0) is 24.3 Å². The Kier molecular flexibility index (Phi) is 5.66. The van der Waals surface area contributed by atoms with Crippen LogP contribution in [0.25, 0.3) is 10.1 Å². The van der Waals surface area contributed by atoms with Crippen LogP contribution in [0.3, 0.4) is 0 Å². The van der Waals surface area contributed by atoms with Crippen molar-refractivity contribution < 1.29 is 23.5 Å². The molecule has 0 fully saturated rings. The highest BCUT2D eigenvalue weighted by atomic mass is 35.5. The van der Waals surface area contributed by atoms with E-state index in [1.807, 2.05) is 0 Å². The van der Waals surface area contributed by atoms with Gasteiger partial charge in [-0.3, -0.25) is 4.79 Å². The van der Waals surface area contributed by atoms with Gasteiger partial charge in [-0.1, -0.05) is 29.8 Å². The number of hydrogen-bond acceptors (Lipinski definition) is 5. The summed E-state index contributed by atoms with van der Waals surface area (Å²) in [5, 5.41) is 0.626. The summed E-state index contributed by atoms with van der Waals surface area (Å²) in [6, 6.07) is 11.1. The second-order valence-electron chi connectivity index (χ2n) is 5.43. The molecule has 7 heteroatoms. The van der Waals surface area contributed by atoms with E-state index in [4.69, 9.17) is 21.1 Å². The largest absolute Gasteiger partial charge is 0.453 e. The van der Waals surface area contributed by atoms with Crippen molar-refractivity contribution in [1.82, 2.24) is 0 Å². The third-order valence-electron chi connectivity index (χ3n) is 3.75. The fourth-order valence-corrected chi connectivity index (χ4v) is 3.93. The Morgan fingerprint density at radius 1 is 1.15 bits per heavy atom. The van der Waals surface area contributed by atoms with Crippen molar-refractivity contribution in [3.05, 3.63) is 69.3 Å². The highest BCUT2D eigenvalue weighted by molar-refractivity contribution is 7.21. The van der Waals surface area contributed by atoms with E-state index < -0.39 is 24.2 Å². The number of thiophene rings is 1. The predicted octanol–water partition coefficient (Wildman–Crippen LogP) is 4.88. The molecule has 0 radical (unpaired) electrons. The Hall–Kier alpha value is -2.28. The first-order valence-corrected chi connectivity index (χ1v) is 8.86. The van der Waals surface area contributed by atoms with Crippen LogP contribution in [0.15, 0.2) is 42.5 Å². The van der Waals surface area contributed by atoms with Gasteiger partial charge < -0.3 is 9.47 Å². The number of fused-ring (bicyclic) bond motifs is 1. The van der Waals surface area contributed by atoms with E-state index in [1.165, 1.54) is 13.2 Å². The standard InChI is InChI=1S/C19H14ClFO4S/c1-24-9-12-17-14(21)7-4-8-16(17)26-18(12)19(23)25-10-15(22)11-5-2-3-6-13(11)20/h2-8H,9-10H2,1H3. The van der Waals surface area contributed by atoms with Crippen LogP contribution in [-0.4, -0.2) is 25.5 Å². The molecule has 0 aliphatic heterocycles. The van der Waals surface area contributed by atoms with Crippen molar-refractivity contribution in [1.29, 1.82) is 0 Å². The van der Waals surface area contributed by atoms with Crippen LogP contribution in [0.2, 0.25) is 5.02 Å². The maximum Gasteiger partial charge on any atom is 0.349 e. The molecule has 4 nitrogen and oxygen atoms in total. The van der Waals surface area contributed by atoms with Crippen molar-refractivity contribution in [2.24, 2.45) is 0 Å². The number of benzene rings is 2. The molecule has 0 unspecified atom stereocenters. The summed E-state index contributed by atoms with van der Waals surface area (Å²) < 4.78 is 25.0. The van der Waals surface area contributed by atoms with Gasteiger partial charge in [0.1, 0.15) is 10.7 Å². The van der Waals surface area contributed by atoms with E-state index in [2.05, 4.69) is 0 Å². The van der Waals surface area contributed by atoms with Gasteiger partial charge in [-0.2, -0.15) is 0 Å². The number of esters is 1. The summed E-state index contributed by atoms with van der Waals surface area (Å²) >= 11 is 7.08. The molecule has 0 N–H and O–H groups in total. The first kappa shape index (κ1) is 18.5. The monoisotopic (exact) mass is 392 g/mol. The number of hydrogen-bond donors (Lipinski definition) is 0. The third-order valence-corrected chi connectivity index (χ3v) is 5.25. The van der Waals surface area contributed by atoms with Crippen LogP contribution in [-0.2, 0) is 16.1 Å². The zero-order valence-electron chi connectivity index (χ0n) is 13.8. The van der Waals surface area contributed by atoms with Crippen LogP contribution in [0, 0.1) is 5.82 Å². The van der Waals surface area contributed by atoms with E-state index in [1.54, 1.807) is 36.4 Å². The molecular formula is C19H14ClFO4S. The Morgan fingerprint density at radius 2 is 1.92 bits per heavy atom. The number of ketones is 1. The number of rotatable bonds is 6. The lowest BCUT2D eigenvalue weighted by Gasteiger charge is -2.06. The summed E-state index contributed by atoms with van der Waals surface area (Å²) in [5.41, 5.74) is 0.697. The van der Waals surface area contributed by atoms with Gasteiger partial charge in [0.15, 0.2) is 6.61 Å². The predicted molar refractivity (Wildman–Crippen MR) is 98.6 cm³/mol. The second kappa shape index (κ2) is 7.95. The lowest BCUT2D eigenvalue weighted by molar-refractivity contribution is 0.0476. The molecule has 1 aromatic heterocycles. The van der Waals surface area contributed by atoms with Crippen LogP contribution in [0.5, 0.6) is 0 Å². The summed E-state index contributed by atoms with van der Waals surface area (Å²) in [4.78, 5) is 24.9. The highest BCUT2D eigenvalue weighted by Crippen LogP contribution is 2.34. The molecule has 1 heterocycles. The zero-order chi connectivity index (χ0) is 18.7. The lowest BCUT2D eigenvalue weighted by Crippen LogP contribution is -2.15. The second-order valence-corrected chi connectivity index (χ2v) is 6.89. The van der Waals surface area contributed by atoms with E-state index in [-0.39, 0.29) is 22.1 Å². The summed E-state index contributed by atoms with van der Waals surface area (Å²) in [6.07, 6.45) is 0. The van der Waals surface area contributed by atoms with Gasteiger partial charge in [-0.25, -0.2) is 9.18 Å². The zero-order valence-corrected chi connectivity index (χ0v) is 15.3. The molecule has 0 amide bonds. The van der Waals surface area contributed by atoms with Crippen molar-refractivity contribution >= 4 is 44.8 Å². The van der Waals surface area contributed by atoms with Crippen LogP contribution < -0.4 is 0 Å². The molecule has 0 aliphatic carbocycles. The minimum atomic E-state index is -0.696. The third kappa shape index (κ3) is 3.62. The molecule has 0 atom stereocenters. The molecule has 3 aromatic rings. The number of Topliss-reactive ketones (excluding diaryl/α,β-unsaturated/α-hetero) is 1. The minimum Gasteiger partial charge on any atom is -0.453 e. The fraction of sp³-hybridized carbons (Fsp3) is 0.158. The smallest absolute Gasteiger partial charge is 0.349 e.